The molecule has 8 heterocycles. The molecule has 0 aliphatic heterocycles. The molecule has 0 spiro atoms. The molecule has 0 saturated heterocycles. The fourth-order valence-electron chi connectivity index (χ4n) is 9.11. The van der Waals surface area contributed by atoms with Crippen LogP contribution >= 0.6 is 12.4 Å². The molecule has 21 nitrogen and oxygen atoms in total. The lowest BCUT2D eigenvalue weighted by Gasteiger charge is -2.36. The molecule has 99 heavy (non-hydrogen) atoms. The number of rotatable bonds is 22. The number of carbonyl (C=O) groups excluding carboxylic acids is 2. The van der Waals surface area contributed by atoms with Crippen molar-refractivity contribution in [1.82, 2.24) is 69.9 Å². The van der Waals surface area contributed by atoms with Gasteiger partial charge in [0.15, 0.2) is 25.4 Å². The molecular weight excluding hydrogens is 1390 g/mol. The van der Waals surface area contributed by atoms with Gasteiger partial charge in [-0.15, -0.1) is 27.7 Å². The molecular formula is C61H69ClF15N15O6Si. The van der Waals surface area contributed by atoms with Gasteiger partial charge in [-0.3, -0.25) is 23.6 Å². The Morgan fingerprint density at radius 1 is 0.495 bits per heavy atom. The van der Waals surface area contributed by atoms with Crippen molar-refractivity contribution in [2.45, 2.75) is 136 Å². The van der Waals surface area contributed by atoms with E-state index in [1.807, 2.05) is 13.1 Å². The SMILES string of the molecule is Cc1cc(CCC(=O)Cc2cc(OCCO)nc(C(F)(F)F)c2)nnc1-c1cn(C)nc1C(F)(F)F.Cc1cc(CCC(=O)Cc2cc(OCCO[Si](C)(C)C(C)(C)C)nc(C(F)(F)F)c2)nnc1-c1cn(C)nc1C(F)(F)F.Cc1cc(CN)nnc1-c1cn(C)nc1C(F)(F)F.Cl. The third-order valence-electron chi connectivity index (χ3n) is 14.7. The number of aromatic nitrogens is 14. The van der Waals surface area contributed by atoms with Gasteiger partial charge < -0.3 is 24.7 Å². The highest BCUT2D eigenvalue weighted by Crippen LogP contribution is 2.41. The van der Waals surface area contributed by atoms with Crippen molar-refractivity contribution in [3.05, 3.63) is 134 Å². The molecule has 8 aromatic heterocycles. The van der Waals surface area contributed by atoms with Gasteiger partial charge in [0.05, 0.1) is 64.1 Å². The molecule has 0 aliphatic rings. The van der Waals surface area contributed by atoms with E-state index < -0.39 is 80.1 Å². The maximum Gasteiger partial charge on any atom is 0.435 e. The van der Waals surface area contributed by atoms with E-state index >= 15 is 0 Å². The standard InChI is InChI=1S/C28H35F6N5O3Si.C22H21F6N5O3.C11H12F3N5.ClH/c1-17-12-19(36-37-24(17)21-16-39(5)38-25(21)28(32,33)34)8-9-20(40)13-18-14-22(27(29,30)31)35-23(15-18)41-10-11-42-43(6,7)26(2,3)4;1-12-7-14(30-31-19(12)16-11-33(2)32-20(16)22(26,27)28)3-4-15(35)8-13-9-17(21(23,24)25)29-18(10-13)36-6-5-34;1-6-3-7(4-15)16-17-9(6)8-5-19(2)18-10(8)11(12,13)14;/h12,14-16H,8-11,13H2,1-7H3;7,9-11,34H,3-6,8H2,1-2H3;3,5H,4,15H2,1-2H3;1H. The van der Waals surface area contributed by atoms with Gasteiger partial charge in [0.1, 0.15) is 36.2 Å². The molecule has 0 atom stereocenters. The fourth-order valence-corrected chi connectivity index (χ4v) is 10.1. The number of pyridine rings is 2. The molecule has 38 heteroatoms. The van der Waals surface area contributed by atoms with Crippen LogP contribution in [-0.2, 0) is 98.3 Å². The summed E-state index contributed by atoms with van der Waals surface area (Å²) in [6.07, 6.45) is -20.4. The second-order valence-electron chi connectivity index (χ2n) is 23.8. The molecule has 0 bridgehead atoms. The normalized spacial score (nSPS) is 12.3. The zero-order valence-corrected chi connectivity index (χ0v) is 56.8. The first-order valence-electron chi connectivity index (χ1n) is 29.5. The molecule has 0 aromatic carbocycles. The predicted octanol–water partition coefficient (Wildman–Crippen LogP) is 12.6. The van der Waals surface area contributed by atoms with E-state index in [1.165, 1.54) is 64.0 Å². The Morgan fingerprint density at radius 2 is 0.828 bits per heavy atom. The summed E-state index contributed by atoms with van der Waals surface area (Å²) >= 11 is 0. The van der Waals surface area contributed by atoms with Crippen LogP contribution in [0.1, 0.15) is 107 Å². The second-order valence-corrected chi connectivity index (χ2v) is 28.7. The van der Waals surface area contributed by atoms with Crippen LogP contribution in [0.25, 0.3) is 33.8 Å². The monoisotopic (exact) mass is 1460 g/mol. The number of halogens is 16. The molecule has 0 unspecified atom stereocenters. The minimum absolute atomic E-state index is 0. The van der Waals surface area contributed by atoms with Crippen molar-refractivity contribution >= 4 is 32.3 Å². The highest BCUT2D eigenvalue weighted by Gasteiger charge is 2.42. The quantitative estimate of drug-likeness (QED) is 0.0363. The van der Waals surface area contributed by atoms with Gasteiger partial charge in [-0.05, 0) is 110 Å². The lowest BCUT2D eigenvalue weighted by atomic mass is 10.0. The summed E-state index contributed by atoms with van der Waals surface area (Å²) in [4.78, 5) is 32.0. The van der Waals surface area contributed by atoms with Crippen LogP contribution in [0.4, 0.5) is 65.9 Å². The van der Waals surface area contributed by atoms with E-state index in [0.29, 0.717) is 33.8 Å². The zero-order valence-electron chi connectivity index (χ0n) is 55.0. The van der Waals surface area contributed by atoms with Crippen LogP contribution in [0.2, 0.25) is 18.1 Å². The van der Waals surface area contributed by atoms with Crippen LogP contribution in [-0.4, -0.2) is 121 Å². The number of nitrogens with two attached hydrogens (primary N) is 1. The maximum atomic E-state index is 13.5. The van der Waals surface area contributed by atoms with E-state index in [-0.39, 0.29) is 145 Å². The molecule has 540 valence electrons. The van der Waals surface area contributed by atoms with Crippen LogP contribution in [0.5, 0.6) is 11.8 Å². The lowest BCUT2D eigenvalue weighted by Crippen LogP contribution is -2.41. The topological polar surface area (TPSA) is 265 Å². The van der Waals surface area contributed by atoms with Crippen LogP contribution in [0.15, 0.2) is 61.1 Å². The smallest absolute Gasteiger partial charge is 0.435 e. The number of aliphatic hydroxyl groups excluding tert-OH is 1. The van der Waals surface area contributed by atoms with E-state index in [9.17, 15) is 75.4 Å². The molecule has 3 N–H and O–H groups in total. The predicted molar refractivity (Wildman–Crippen MR) is 331 cm³/mol. The second kappa shape index (κ2) is 32.6. The first kappa shape index (κ1) is 81.1. The summed E-state index contributed by atoms with van der Waals surface area (Å²) in [7, 11) is 2.07. The minimum Gasteiger partial charge on any atom is -0.475 e. The average molecular weight is 1460 g/mol. The third kappa shape index (κ3) is 22.7. The summed E-state index contributed by atoms with van der Waals surface area (Å²) in [5, 5.41) is 42.5. The van der Waals surface area contributed by atoms with Crippen molar-refractivity contribution in [2.24, 2.45) is 26.9 Å². The van der Waals surface area contributed by atoms with Gasteiger partial charge in [0, 0.05) is 84.1 Å². The average Bonchev–Trinajstić information content (AvgIpc) is 1.68. The van der Waals surface area contributed by atoms with Crippen LogP contribution in [0.3, 0.4) is 0 Å². The number of Topliss-reactive ketones (excluding diaryl/α,β-unsaturated/α-hetero) is 2. The molecule has 0 amide bonds. The van der Waals surface area contributed by atoms with Crippen molar-refractivity contribution < 1.29 is 94.5 Å². The van der Waals surface area contributed by atoms with Gasteiger partial charge in [-0.25, -0.2) is 9.97 Å². The van der Waals surface area contributed by atoms with Crippen molar-refractivity contribution in [3.63, 3.8) is 0 Å². The van der Waals surface area contributed by atoms with Crippen molar-refractivity contribution in [1.29, 1.82) is 0 Å². The largest absolute Gasteiger partial charge is 0.475 e. The molecule has 8 aromatic rings. The highest BCUT2D eigenvalue weighted by molar-refractivity contribution is 6.74. The Hall–Kier alpha value is -8.55. The van der Waals surface area contributed by atoms with Crippen molar-refractivity contribution in [2.75, 3.05) is 26.4 Å². The number of hydrogen-bond donors (Lipinski definition) is 2. The Balaban J connectivity index is 0.000000284. The number of carbonyl (C=O) groups is 2. The van der Waals surface area contributed by atoms with E-state index in [1.54, 1.807) is 26.8 Å². The number of ketones is 2. The molecule has 0 saturated carbocycles. The number of nitrogens with zero attached hydrogens (tertiary/aromatic N) is 14. The molecule has 0 radical (unpaired) electrons. The van der Waals surface area contributed by atoms with Crippen LogP contribution in [0, 0.1) is 20.8 Å². The zero-order chi connectivity index (χ0) is 73.3. The maximum absolute atomic E-state index is 13.5. The van der Waals surface area contributed by atoms with E-state index in [4.69, 9.17) is 24.7 Å². The Labute approximate surface area is 563 Å². The Kier molecular flexibility index (Phi) is 26.7. The first-order chi connectivity index (χ1) is 45.3. The van der Waals surface area contributed by atoms with Gasteiger partial charge in [-0.2, -0.15) is 96.4 Å². The first-order valence-corrected chi connectivity index (χ1v) is 32.4. The van der Waals surface area contributed by atoms with Crippen molar-refractivity contribution in [3.8, 4) is 45.5 Å². The summed E-state index contributed by atoms with van der Waals surface area (Å²) in [5.74, 6) is -1.41. The summed E-state index contributed by atoms with van der Waals surface area (Å²) in [5.41, 5.74) is 2.20. The summed E-state index contributed by atoms with van der Waals surface area (Å²) in [6.45, 7) is 14.7. The Bertz CT molecular complexity index is 4090. The minimum atomic E-state index is -4.76. The number of aliphatic hydroxyl groups is 1. The molecule has 0 fully saturated rings. The number of aryl methyl sites for hydroxylation is 8. The molecule has 0 aliphatic carbocycles. The Morgan fingerprint density at radius 3 is 1.13 bits per heavy atom. The summed E-state index contributed by atoms with van der Waals surface area (Å²) in [6, 6.07) is 8.68. The number of hydrogen-bond acceptors (Lipinski definition) is 18. The number of ether oxygens (including phenoxy) is 2. The lowest BCUT2D eigenvalue weighted by molar-refractivity contribution is -0.142. The highest BCUT2D eigenvalue weighted by atomic mass is 35.5. The van der Waals surface area contributed by atoms with Gasteiger partial charge in [-0.1, -0.05) is 20.8 Å². The van der Waals surface area contributed by atoms with Crippen LogP contribution < -0.4 is 15.2 Å². The van der Waals surface area contributed by atoms with E-state index in [0.717, 1.165) is 26.2 Å². The van der Waals surface area contributed by atoms with Gasteiger partial charge in [0.2, 0.25) is 11.8 Å². The molecule has 8 rings (SSSR count). The van der Waals surface area contributed by atoms with E-state index in [2.05, 4.69) is 76.6 Å². The summed E-state index contributed by atoms with van der Waals surface area (Å²) < 4.78 is 218. The third-order valence-corrected chi connectivity index (χ3v) is 19.3. The van der Waals surface area contributed by atoms with Gasteiger partial charge in [0.25, 0.3) is 0 Å². The number of alkyl halides is 15. The fraction of sp³-hybridized carbons (Fsp3) is 0.459. The van der Waals surface area contributed by atoms with Gasteiger partial charge >= 0.3 is 30.9 Å².